The van der Waals surface area contributed by atoms with E-state index in [2.05, 4.69) is 0 Å². The minimum atomic E-state index is -4.76. The van der Waals surface area contributed by atoms with Gasteiger partial charge in [-0.05, 0) is 12.1 Å². The van der Waals surface area contributed by atoms with E-state index in [0.717, 1.165) is 6.07 Å². The van der Waals surface area contributed by atoms with Crippen molar-refractivity contribution in [1.82, 2.24) is 4.90 Å². The van der Waals surface area contributed by atoms with Gasteiger partial charge in [-0.1, -0.05) is 0 Å². The molecule has 0 bridgehead atoms. The number of nitrogens with zero attached hydrogens (tertiary/aromatic N) is 2. The highest BCUT2D eigenvalue weighted by Crippen LogP contribution is 2.23. The van der Waals surface area contributed by atoms with Gasteiger partial charge >= 0.3 is 6.18 Å². The van der Waals surface area contributed by atoms with E-state index in [1.807, 2.05) is 0 Å². The number of amides is 1. The molecular weight excluding hydrogens is 300 g/mol. The summed E-state index contributed by atoms with van der Waals surface area (Å²) in [5.74, 6) is -2.38. The van der Waals surface area contributed by atoms with Crippen molar-refractivity contribution in [1.29, 1.82) is 0 Å². The number of aliphatic hydroxyl groups is 1. The van der Waals surface area contributed by atoms with Crippen LogP contribution in [0.15, 0.2) is 18.2 Å². The van der Waals surface area contributed by atoms with Crippen LogP contribution in [0.2, 0.25) is 0 Å². The molecule has 116 valence electrons. The zero-order valence-corrected chi connectivity index (χ0v) is 10.4. The number of aliphatic hydroxyl groups excluding tert-OH is 1. The lowest BCUT2D eigenvalue weighted by Gasteiger charge is -2.23. The maximum atomic E-state index is 13.1. The molecule has 21 heavy (non-hydrogen) atoms. The molecule has 1 rings (SSSR count). The van der Waals surface area contributed by atoms with Crippen LogP contribution in [0.4, 0.5) is 23.2 Å². The number of nitro groups is 1. The van der Waals surface area contributed by atoms with Crippen LogP contribution in [0.3, 0.4) is 0 Å². The molecule has 1 aromatic carbocycles. The predicted molar refractivity (Wildman–Crippen MR) is 62.1 cm³/mol. The van der Waals surface area contributed by atoms with Crippen molar-refractivity contribution in [3.8, 4) is 0 Å². The summed E-state index contributed by atoms with van der Waals surface area (Å²) in [7, 11) is 0. The van der Waals surface area contributed by atoms with Gasteiger partial charge in [0.15, 0.2) is 0 Å². The van der Waals surface area contributed by atoms with Gasteiger partial charge in [-0.3, -0.25) is 14.9 Å². The van der Waals surface area contributed by atoms with Gasteiger partial charge in [0.25, 0.3) is 11.6 Å². The first-order valence-corrected chi connectivity index (χ1v) is 5.56. The van der Waals surface area contributed by atoms with Crippen LogP contribution in [0.1, 0.15) is 10.4 Å². The standard InChI is InChI=1S/C11H10F4N2O4/c12-7-1-2-9(17(20)21)8(5-7)10(19)16(3-4-18)6-11(13,14)15/h1-2,5,18H,3-4,6H2. The third-order valence-corrected chi connectivity index (χ3v) is 2.41. The largest absolute Gasteiger partial charge is 0.406 e. The van der Waals surface area contributed by atoms with Gasteiger partial charge in [-0.25, -0.2) is 4.39 Å². The topological polar surface area (TPSA) is 83.7 Å². The van der Waals surface area contributed by atoms with E-state index >= 15 is 0 Å². The number of rotatable bonds is 5. The number of alkyl halides is 3. The van der Waals surface area contributed by atoms with E-state index in [0.29, 0.717) is 12.1 Å². The minimum Gasteiger partial charge on any atom is -0.395 e. The van der Waals surface area contributed by atoms with Crippen LogP contribution in [0, 0.1) is 15.9 Å². The fraction of sp³-hybridized carbons (Fsp3) is 0.364. The Morgan fingerprint density at radius 1 is 1.38 bits per heavy atom. The Labute approximate surface area is 115 Å². The molecule has 0 fully saturated rings. The molecule has 0 radical (unpaired) electrons. The second-order valence-corrected chi connectivity index (χ2v) is 3.98. The van der Waals surface area contributed by atoms with Crippen molar-refractivity contribution < 1.29 is 32.4 Å². The smallest absolute Gasteiger partial charge is 0.395 e. The van der Waals surface area contributed by atoms with E-state index in [9.17, 15) is 32.5 Å². The van der Waals surface area contributed by atoms with Gasteiger partial charge in [0, 0.05) is 12.6 Å². The fourth-order valence-corrected chi connectivity index (χ4v) is 1.60. The average Bonchev–Trinajstić information content (AvgIpc) is 2.35. The molecule has 0 aliphatic carbocycles. The van der Waals surface area contributed by atoms with E-state index in [4.69, 9.17) is 5.11 Å². The molecule has 0 unspecified atom stereocenters. The predicted octanol–water partition coefficient (Wildman–Crippen LogP) is 1.73. The second-order valence-electron chi connectivity index (χ2n) is 3.98. The Hall–Kier alpha value is -2.23. The number of benzene rings is 1. The maximum Gasteiger partial charge on any atom is 0.406 e. The van der Waals surface area contributed by atoms with Gasteiger partial charge < -0.3 is 10.0 Å². The number of hydrogen-bond donors (Lipinski definition) is 1. The Kier molecular flexibility index (Phi) is 5.19. The van der Waals surface area contributed by atoms with Gasteiger partial charge in [-0.15, -0.1) is 0 Å². The summed E-state index contributed by atoms with van der Waals surface area (Å²) in [6.45, 7) is -3.17. The third-order valence-electron chi connectivity index (χ3n) is 2.41. The molecule has 0 atom stereocenters. The van der Waals surface area contributed by atoms with Crippen LogP contribution in [0.25, 0.3) is 0 Å². The summed E-state index contributed by atoms with van der Waals surface area (Å²) in [5.41, 5.74) is -1.62. The molecule has 1 amide bonds. The Bertz CT molecular complexity index is 548. The first-order chi connectivity index (χ1) is 9.65. The molecule has 1 N–H and O–H groups in total. The van der Waals surface area contributed by atoms with Crippen molar-refractivity contribution >= 4 is 11.6 Å². The molecule has 0 heterocycles. The van der Waals surface area contributed by atoms with Crippen LogP contribution >= 0.6 is 0 Å². The van der Waals surface area contributed by atoms with Crippen molar-refractivity contribution in [2.24, 2.45) is 0 Å². The second kappa shape index (κ2) is 6.48. The van der Waals surface area contributed by atoms with Gasteiger partial charge in [0.1, 0.15) is 17.9 Å². The minimum absolute atomic E-state index is 0.168. The van der Waals surface area contributed by atoms with Crippen molar-refractivity contribution in [3.05, 3.63) is 39.7 Å². The molecular formula is C11H10F4N2O4. The van der Waals surface area contributed by atoms with Gasteiger partial charge in [0.05, 0.1) is 11.5 Å². The molecule has 6 nitrogen and oxygen atoms in total. The Balaban J connectivity index is 3.19. The normalized spacial score (nSPS) is 11.3. The molecule has 1 aromatic rings. The molecule has 0 saturated carbocycles. The lowest BCUT2D eigenvalue weighted by molar-refractivity contribution is -0.385. The fourth-order valence-electron chi connectivity index (χ4n) is 1.60. The average molecular weight is 310 g/mol. The van der Waals surface area contributed by atoms with Crippen LogP contribution < -0.4 is 0 Å². The lowest BCUT2D eigenvalue weighted by Crippen LogP contribution is -2.40. The molecule has 0 aliphatic rings. The third kappa shape index (κ3) is 4.67. The highest BCUT2D eigenvalue weighted by Gasteiger charge is 2.35. The van der Waals surface area contributed by atoms with Gasteiger partial charge in [-0.2, -0.15) is 13.2 Å². The summed E-state index contributed by atoms with van der Waals surface area (Å²) < 4.78 is 50.2. The number of nitro benzene ring substituents is 1. The molecule has 0 aliphatic heterocycles. The Morgan fingerprint density at radius 3 is 2.48 bits per heavy atom. The van der Waals surface area contributed by atoms with E-state index in [1.54, 1.807) is 0 Å². The van der Waals surface area contributed by atoms with Crippen molar-refractivity contribution in [2.45, 2.75) is 6.18 Å². The first-order valence-electron chi connectivity index (χ1n) is 5.56. The number of halogens is 4. The summed E-state index contributed by atoms with van der Waals surface area (Å²) >= 11 is 0. The van der Waals surface area contributed by atoms with Crippen LogP contribution in [-0.4, -0.2) is 46.7 Å². The summed E-state index contributed by atoms with van der Waals surface area (Å²) in [5, 5.41) is 19.4. The molecule has 10 heteroatoms. The highest BCUT2D eigenvalue weighted by atomic mass is 19.4. The maximum absolute atomic E-state index is 13.1. The van der Waals surface area contributed by atoms with E-state index < -0.39 is 53.8 Å². The van der Waals surface area contributed by atoms with Crippen molar-refractivity contribution in [3.63, 3.8) is 0 Å². The molecule has 0 saturated heterocycles. The number of hydrogen-bond acceptors (Lipinski definition) is 4. The zero-order valence-electron chi connectivity index (χ0n) is 10.4. The summed E-state index contributed by atoms with van der Waals surface area (Å²) in [6.07, 6.45) is -4.76. The van der Waals surface area contributed by atoms with Crippen LogP contribution in [-0.2, 0) is 0 Å². The zero-order chi connectivity index (χ0) is 16.2. The Morgan fingerprint density at radius 2 is 2.00 bits per heavy atom. The highest BCUT2D eigenvalue weighted by molar-refractivity contribution is 5.98. The summed E-state index contributed by atoms with van der Waals surface area (Å²) in [4.78, 5) is 21.8. The number of carbonyl (C=O) groups excluding carboxylic acids is 1. The van der Waals surface area contributed by atoms with Crippen LogP contribution in [0.5, 0.6) is 0 Å². The molecule has 0 spiro atoms. The van der Waals surface area contributed by atoms with Crippen molar-refractivity contribution in [2.75, 3.05) is 19.7 Å². The van der Waals surface area contributed by atoms with Gasteiger partial charge in [0.2, 0.25) is 0 Å². The lowest BCUT2D eigenvalue weighted by atomic mass is 10.1. The SMILES string of the molecule is O=C(c1cc(F)ccc1[N+](=O)[O-])N(CCO)CC(F)(F)F. The number of carbonyl (C=O) groups is 1. The van der Waals surface area contributed by atoms with E-state index in [-0.39, 0.29) is 4.90 Å². The monoisotopic (exact) mass is 310 g/mol. The summed E-state index contributed by atoms with van der Waals surface area (Å²) in [6, 6.07) is 1.89. The van der Waals surface area contributed by atoms with E-state index in [1.165, 1.54) is 0 Å². The first kappa shape index (κ1) is 16.8. The quantitative estimate of drug-likeness (QED) is 0.510. The molecule has 0 aromatic heterocycles.